The number of hydrogen-bond acceptors (Lipinski definition) is 6. The Bertz CT molecular complexity index is 996. The molecule has 0 spiro atoms. The maximum absolute atomic E-state index is 13.9. The topological polar surface area (TPSA) is 67.8 Å². The van der Waals surface area contributed by atoms with Crippen LogP contribution in [0.1, 0.15) is 100 Å². The lowest BCUT2D eigenvalue weighted by molar-refractivity contribution is 0.0114. The number of amides is 1. The summed E-state index contributed by atoms with van der Waals surface area (Å²) in [6.45, 7) is 19.1. The van der Waals surface area contributed by atoms with Crippen LogP contribution < -0.4 is 4.90 Å². The first kappa shape index (κ1) is 30.7. The van der Waals surface area contributed by atoms with Gasteiger partial charge in [0.15, 0.2) is 0 Å². The first-order chi connectivity index (χ1) is 17.6. The normalized spacial score (nSPS) is 23.4. The van der Waals surface area contributed by atoms with E-state index >= 15 is 0 Å². The van der Waals surface area contributed by atoms with Crippen LogP contribution in [0, 0.1) is 5.92 Å². The fraction of sp³-hybridized carbons (Fsp3) is 0.767. The summed E-state index contributed by atoms with van der Waals surface area (Å²) in [6, 6.07) is 0.334. The smallest absolute Gasteiger partial charge is 0.415 e. The molecular formula is C30H52N4O3S. The standard InChI is InChI=1S/C30H52N4O3S/c1-12-38(11,30(7,8)9)37-26-17-16-24(23-19-31-20-27(32-23)33(10)22-14-13-15-22)34(25(26)18-21(2)3)28(35)36-29(4,5)6/h16,19-22,25-26H,12-15,17-18H2,1-11H3/t25-,26+/m1/s1. The van der Waals surface area contributed by atoms with Crippen LogP contribution in [0.3, 0.4) is 0 Å². The molecule has 1 amide bonds. The molecule has 1 aliphatic heterocycles. The highest BCUT2D eigenvalue weighted by atomic mass is 32.3. The molecule has 216 valence electrons. The van der Waals surface area contributed by atoms with Crippen molar-refractivity contribution in [3.8, 4) is 0 Å². The van der Waals surface area contributed by atoms with E-state index < -0.39 is 15.9 Å². The first-order valence-corrected chi connectivity index (χ1v) is 16.4. The van der Waals surface area contributed by atoms with Crippen molar-refractivity contribution in [1.29, 1.82) is 0 Å². The van der Waals surface area contributed by atoms with Crippen LogP contribution in [-0.4, -0.2) is 68.6 Å². The van der Waals surface area contributed by atoms with Crippen LogP contribution in [-0.2, 0) is 8.92 Å². The van der Waals surface area contributed by atoms with Crippen molar-refractivity contribution in [3.63, 3.8) is 0 Å². The van der Waals surface area contributed by atoms with Gasteiger partial charge in [0.1, 0.15) is 17.1 Å². The molecule has 3 atom stereocenters. The second-order valence-electron chi connectivity index (χ2n) is 13.4. The summed E-state index contributed by atoms with van der Waals surface area (Å²) in [5, 5.41) is 0. The number of aromatic nitrogens is 2. The van der Waals surface area contributed by atoms with Gasteiger partial charge in [-0.05, 0) is 70.8 Å². The molecule has 1 unspecified atom stereocenters. The lowest BCUT2D eigenvalue weighted by Crippen LogP contribution is -2.52. The second-order valence-corrected chi connectivity index (χ2v) is 17.4. The molecule has 0 saturated heterocycles. The van der Waals surface area contributed by atoms with Crippen molar-refractivity contribution in [3.05, 3.63) is 24.2 Å². The fourth-order valence-corrected chi connectivity index (χ4v) is 7.02. The number of ether oxygens (including phenoxy) is 1. The summed E-state index contributed by atoms with van der Waals surface area (Å²) in [6.07, 6.45) is 12.6. The zero-order chi connectivity index (χ0) is 28.5. The summed E-state index contributed by atoms with van der Waals surface area (Å²) in [5.74, 6) is 2.17. The SMILES string of the molecule is CCS(C)(O[C@H]1CC=C(c2cncc(N(C)C3CCC3)n2)N(C(=O)OC(C)(C)C)[C@@H]1CC(C)C)C(C)(C)C. The van der Waals surface area contributed by atoms with Crippen LogP contribution in [0.25, 0.3) is 5.70 Å². The lowest BCUT2D eigenvalue weighted by atomic mass is 9.91. The van der Waals surface area contributed by atoms with Gasteiger partial charge in [0.25, 0.3) is 0 Å². The van der Waals surface area contributed by atoms with E-state index in [-0.39, 0.29) is 23.0 Å². The maximum Gasteiger partial charge on any atom is 0.415 e. The molecule has 7 nitrogen and oxygen atoms in total. The van der Waals surface area contributed by atoms with Crippen molar-refractivity contribution in [2.24, 2.45) is 5.92 Å². The van der Waals surface area contributed by atoms with Gasteiger partial charge in [-0.25, -0.2) is 9.78 Å². The highest BCUT2D eigenvalue weighted by molar-refractivity contribution is 8.30. The summed E-state index contributed by atoms with van der Waals surface area (Å²) in [5.41, 5.74) is 0.850. The molecular weight excluding hydrogens is 496 g/mol. The number of hydrogen-bond donors (Lipinski definition) is 0. The molecule has 8 heteroatoms. The van der Waals surface area contributed by atoms with Crippen LogP contribution in [0.5, 0.6) is 0 Å². The molecule has 2 heterocycles. The Morgan fingerprint density at radius 3 is 2.34 bits per heavy atom. The van der Waals surface area contributed by atoms with Gasteiger partial charge in [0.05, 0.1) is 30.2 Å². The zero-order valence-corrected chi connectivity index (χ0v) is 26.5. The Morgan fingerprint density at radius 1 is 1.18 bits per heavy atom. The molecule has 1 fully saturated rings. The molecule has 0 N–H and O–H groups in total. The van der Waals surface area contributed by atoms with Gasteiger partial charge in [-0.3, -0.25) is 9.88 Å². The van der Waals surface area contributed by atoms with Crippen molar-refractivity contribution >= 4 is 27.9 Å². The minimum Gasteiger partial charge on any atom is -0.443 e. The van der Waals surface area contributed by atoms with E-state index in [1.54, 1.807) is 6.20 Å². The average Bonchev–Trinajstić information content (AvgIpc) is 2.76. The summed E-state index contributed by atoms with van der Waals surface area (Å²) >= 11 is 0. The fourth-order valence-electron chi connectivity index (χ4n) is 4.97. The molecule has 0 bridgehead atoms. The number of nitrogens with zero attached hydrogens (tertiary/aromatic N) is 4. The van der Waals surface area contributed by atoms with E-state index in [9.17, 15) is 4.79 Å². The number of anilines is 1. The minimum atomic E-state index is -1.39. The van der Waals surface area contributed by atoms with Crippen LogP contribution in [0.2, 0.25) is 0 Å². The van der Waals surface area contributed by atoms with Crippen molar-refractivity contribution in [2.45, 2.75) is 123 Å². The van der Waals surface area contributed by atoms with E-state index in [4.69, 9.17) is 13.9 Å². The largest absolute Gasteiger partial charge is 0.443 e. The molecule has 1 aromatic heterocycles. The zero-order valence-electron chi connectivity index (χ0n) is 25.7. The average molecular weight is 549 g/mol. The highest BCUT2D eigenvalue weighted by Crippen LogP contribution is 2.58. The second kappa shape index (κ2) is 11.7. The van der Waals surface area contributed by atoms with Gasteiger partial charge in [-0.2, -0.15) is 0 Å². The highest BCUT2D eigenvalue weighted by Gasteiger charge is 2.44. The molecule has 2 aliphatic rings. The Kier molecular flexibility index (Phi) is 9.50. The Balaban J connectivity index is 2.07. The van der Waals surface area contributed by atoms with E-state index in [0.717, 1.165) is 30.1 Å². The van der Waals surface area contributed by atoms with E-state index in [2.05, 4.69) is 70.8 Å². The summed E-state index contributed by atoms with van der Waals surface area (Å²) in [4.78, 5) is 27.5. The number of carbonyl (C=O) groups excluding carboxylic acids is 1. The third-order valence-corrected chi connectivity index (χ3v) is 12.3. The third kappa shape index (κ3) is 7.04. The Hall–Kier alpha value is -1.80. The Morgan fingerprint density at radius 2 is 1.84 bits per heavy atom. The Labute approximate surface area is 233 Å². The molecule has 1 aliphatic carbocycles. The van der Waals surface area contributed by atoms with Gasteiger partial charge < -0.3 is 13.8 Å². The van der Waals surface area contributed by atoms with Crippen LogP contribution in [0.15, 0.2) is 18.5 Å². The maximum atomic E-state index is 13.9. The van der Waals surface area contributed by atoms with Gasteiger partial charge in [0, 0.05) is 17.8 Å². The monoisotopic (exact) mass is 548 g/mol. The molecule has 0 radical (unpaired) electrons. The van der Waals surface area contributed by atoms with Crippen molar-refractivity contribution in [2.75, 3.05) is 24.0 Å². The van der Waals surface area contributed by atoms with Gasteiger partial charge in [0.2, 0.25) is 0 Å². The summed E-state index contributed by atoms with van der Waals surface area (Å²) < 4.78 is 13.1. The number of carbonyl (C=O) groups is 1. The molecule has 38 heavy (non-hydrogen) atoms. The first-order valence-electron chi connectivity index (χ1n) is 14.3. The molecule has 1 aromatic rings. The van der Waals surface area contributed by atoms with Gasteiger partial charge in [-0.1, -0.05) is 47.6 Å². The lowest BCUT2D eigenvalue weighted by Gasteiger charge is -2.51. The quantitative estimate of drug-likeness (QED) is 0.337. The summed E-state index contributed by atoms with van der Waals surface area (Å²) in [7, 11) is 0.694. The molecule has 0 aromatic carbocycles. The van der Waals surface area contributed by atoms with Crippen molar-refractivity contribution < 1.29 is 13.7 Å². The van der Waals surface area contributed by atoms with Gasteiger partial charge >= 0.3 is 6.09 Å². The molecule has 1 saturated carbocycles. The third-order valence-electron chi connectivity index (χ3n) is 7.92. The van der Waals surface area contributed by atoms with E-state index in [0.29, 0.717) is 17.7 Å². The van der Waals surface area contributed by atoms with Gasteiger partial charge in [-0.15, -0.1) is 10.3 Å². The van der Waals surface area contributed by atoms with E-state index in [1.807, 2.05) is 31.9 Å². The predicted octanol–water partition coefficient (Wildman–Crippen LogP) is 7.41. The van der Waals surface area contributed by atoms with Crippen LogP contribution in [0.4, 0.5) is 10.6 Å². The predicted molar refractivity (Wildman–Crippen MR) is 161 cm³/mol. The van der Waals surface area contributed by atoms with Crippen LogP contribution >= 0.6 is 10.3 Å². The molecule has 3 rings (SSSR count). The van der Waals surface area contributed by atoms with Crippen molar-refractivity contribution in [1.82, 2.24) is 14.9 Å². The minimum absolute atomic E-state index is 0.0246. The van der Waals surface area contributed by atoms with E-state index in [1.165, 1.54) is 19.3 Å². The number of rotatable bonds is 8.